The van der Waals surface area contributed by atoms with E-state index in [2.05, 4.69) is 5.32 Å². The van der Waals surface area contributed by atoms with Crippen LogP contribution in [0.5, 0.6) is 11.5 Å². The number of benzene rings is 2. The molecule has 2 aromatic carbocycles. The zero-order valence-electron chi connectivity index (χ0n) is 11.6. The fraction of sp³-hybridized carbons (Fsp3) is 0.188. The van der Waals surface area contributed by atoms with E-state index in [-0.39, 0.29) is 18.1 Å². The van der Waals surface area contributed by atoms with Gasteiger partial charge in [0.15, 0.2) is 11.5 Å². The van der Waals surface area contributed by atoms with Crippen molar-refractivity contribution in [2.24, 2.45) is 0 Å². The molecule has 0 aliphatic rings. The maximum atomic E-state index is 11.9. The second-order valence-electron chi connectivity index (χ2n) is 4.55. The van der Waals surface area contributed by atoms with Gasteiger partial charge < -0.3 is 15.2 Å². The van der Waals surface area contributed by atoms with Crippen LogP contribution in [0.2, 0.25) is 5.02 Å². The molecule has 2 N–H and O–H groups in total. The number of carbonyl (C=O) groups excluding carboxylic acids is 1. The minimum absolute atomic E-state index is 0.0454. The molecule has 1 amide bonds. The van der Waals surface area contributed by atoms with E-state index < -0.39 is 0 Å². The molecule has 0 bridgehead atoms. The molecule has 0 atom stereocenters. The Morgan fingerprint density at radius 2 is 2.00 bits per heavy atom. The third-order valence-electron chi connectivity index (χ3n) is 3.03. The maximum absolute atomic E-state index is 11.9. The first-order valence-corrected chi connectivity index (χ1v) is 6.84. The fourth-order valence-electron chi connectivity index (χ4n) is 1.92. The SMILES string of the molecule is COc1cc(CC(=O)NCc2ccccc2)c(Cl)cc1O. The number of aromatic hydroxyl groups is 1. The molecule has 0 unspecified atom stereocenters. The van der Waals surface area contributed by atoms with Crippen LogP contribution in [0, 0.1) is 0 Å². The Labute approximate surface area is 128 Å². The summed E-state index contributed by atoms with van der Waals surface area (Å²) in [6.45, 7) is 0.465. The van der Waals surface area contributed by atoms with Gasteiger partial charge >= 0.3 is 0 Å². The van der Waals surface area contributed by atoms with Crippen LogP contribution in [0.3, 0.4) is 0 Å². The van der Waals surface area contributed by atoms with Crippen molar-refractivity contribution in [1.82, 2.24) is 5.32 Å². The maximum Gasteiger partial charge on any atom is 0.224 e. The van der Waals surface area contributed by atoms with E-state index in [4.69, 9.17) is 16.3 Å². The normalized spacial score (nSPS) is 10.2. The number of amides is 1. The average Bonchev–Trinajstić information content (AvgIpc) is 2.49. The van der Waals surface area contributed by atoms with E-state index in [0.29, 0.717) is 22.9 Å². The highest BCUT2D eigenvalue weighted by molar-refractivity contribution is 6.31. The molecule has 2 rings (SSSR count). The molecule has 21 heavy (non-hydrogen) atoms. The Kier molecular flexibility index (Phi) is 5.06. The molecule has 0 fully saturated rings. The topological polar surface area (TPSA) is 58.6 Å². The lowest BCUT2D eigenvalue weighted by molar-refractivity contribution is -0.120. The molecule has 4 nitrogen and oxygen atoms in total. The molecule has 5 heteroatoms. The number of methoxy groups -OCH3 is 1. The Balaban J connectivity index is 1.99. The van der Waals surface area contributed by atoms with Crippen molar-refractivity contribution in [3.05, 3.63) is 58.6 Å². The number of rotatable bonds is 5. The molecule has 0 heterocycles. The lowest BCUT2D eigenvalue weighted by Crippen LogP contribution is -2.24. The summed E-state index contributed by atoms with van der Waals surface area (Å²) in [5, 5.41) is 12.8. The van der Waals surface area contributed by atoms with Crippen molar-refractivity contribution in [3.8, 4) is 11.5 Å². The van der Waals surface area contributed by atoms with E-state index in [1.54, 1.807) is 6.07 Å². The highest BCUT2D eigenvalue weighted by atomic mass is 35.5. The van der Waals surface area contributed by atoms with Gasteiger partial charge in [0.05, 0.1) is 13.5 Å². The zero-order chi connectivity index (χ0) is 15.2. The predicted octanol–water partition coefficient (Wildman–Crippen LogP) is 2.91. The van der Waals surface area contributed by atoms with Gasteiger partial charge in [-0.05, 0) is 17.2 Å². The van der Waals surface area contributed by atoms with Crippen molar-refractivity contribution in [2.75, 3.05) is 7.11 Å². The van der Waals surface area contributed by atoms with E-state index in [9.17, 15) is 9.90 Å². The quantitative estimate of drug-likeness (QED) is 0.893. The average molecular weight is 306 g/mol. The van der Waals surface area contributed by atoms with Crippen LogP contribution in [0.1, 0.15) is 11.1 Å². The molecular weight excluding hydrogens is 290 g/mol. The Bertz CT molecular complexity index is 629. The van der Waals surface area contributed by atoms with Crippen molar-refractivity contribution in [2.45, 2.75) is 13.0 Å². The third-order valence-corrected chi connectivity index (χ3v) is 3.38. The molecule has 110 valence electrons. The third kappa shape index (κ3) is 4.13. The molecule has 0 aliphatic heterocycles. The lowest BCUT2D eigenvalue weighted by atomic mass is 10.1. The first kappa shape index (κ1) is 15.2. The molecular formula is C16H16ClNO3. The second-order valence-corrected chi connectivity index (χ2v) is 4.96. The molecule has 0 saturated heterocycles. The zero-order valence-corrected chi connectivity index (χ0v) is 12.4. The summed E-state index contributed by atoms with van der Waals surface area (Å²) in [4.78, 5) is 11.9. The van der Waals surface area contributed by atoms with E-state index in [1.165, 1.54) is 13.2 Å². The van der Waals surface area contributed by atoms with Crippen LogP contribution in [0.4, 0.5) is 0 Å². The van der Waals surface area contributed by atoms with Gasteiger partial charge in [-0.3, -0.25) is 4.79 Å². The molecule has 0 radical (unpaired) electrons. The first-order chi connectivity index (χ1) is 10.1. The summed E-state index contributed by atoms with van der Waals surface area (Å²) < 4.78 is 5.01. The number of phenols is 1. The number of hydrogen-bond donors (Lipinski definition) is 2. The van der Waals surface area contributed by atoms with Crippen molar-refractivity contribution >= 4 is 17.5 Å². The van der Waals surface area contributed by atoms with Crippen LogP contribution < -0.4 is 10.1 Å². The predicted molar refractivity (Wildman–Crippen MR) is 81.7 cm³/mol. The van der Waals surface area contributed by atoms with Crippen LogP contribution in [0.15, 0.2) is 42.5 Å². The number of ether oxygens (including phenoxy) is 1. The number of nitrogens with one attached hydrogen (secondary N) is 1. The lowest BCUT2D eigenvalue weighted by Gasteiger charge is -2.10. The summed E-state index contributed by atoms with van der Waals surface area (Å²) in [6.07, 6.45) is 0.127. The van der Waals surface area contributed by atoms with Crippen LogP contribution >= 0.6 is 11.6 Å². The Morgan fingerprint density at radius 1 is 1.29 bits per heavy atom. The Morgan fingerprint density at radius 3 is 2.67 bits per heavy atom. The van der Waals surface area contributed by atoms with E-state index in [1.807, 2.05) is 30.3 Å². The smallest absolute Gasteiger partial charge is 0.224 e. The van der Waals surface area contributed by atoms with Gasteiger partial charge in [-0.25, -0.2) is 0 Å². The summed E-state index contributed by atoms with van der Waals surface area (Å²) in [5.74, 6) is 0.106. The summed E-state index contributed by atoms with van der Waals surface area (Å²) in [7, 11) is 1.45. The van der Waals surface area contributed by atoms with Crippen LogP contribution in [0.25, 0.3) is 0 Å². The van der Waals surface area contributed by atoms with E-state index in [0.717, 1.165) is 5.56 Å². The monoisotopic (exact) mass is 305 g/mol. The summed E-state index contributed by atoms with van der Waals surface area (Å²) >= 11 is 6.02. The van der Waals surface area contributed by atoms with Crippen molar-refractivity contribution < 1.29 is 14.6 Å². The van der Waals surface area contributed by atoms with Gasteiger partial charge in [0.2, 0.25) is 5.91 Å². The van der Waals surface area contributed by atoms with Gasteiger partial charge in [-0.2, -0.15) is 0 Å². The second kappa shape index (κ2) is 6.99. The van der Waals surface area contributed by atoms with Gasteiger partial charge in [0.25, 0.3) is 0 Å². The molecule has 0 aliphatic carbocycles. The Hall–Kier alpha value is -2.20. The van der Waals surface area contributed by atoms with Gasteiger partial charge in [-0.1, -0.05) is 41.9 Å². The standard InChI is InChI=1S/C16H16ClNO3/c1-21-15-7-12(13(17)9-14(15)19)8-16(20)18-10-11-5-3-2-4-6-11/h2-7,9,19H,8,10H2,1H3,(H,18,20). The number of hydrogen-bond acceptors (Lipinski definition) is 3. The molecule has 0 aromatic heterocycles. The van der Waals surface area contributed by atoms with Crippen LogP contribution in [-0.2, 0) is 17.8 Å². The minimum Gasteiger partial charge on any atom is -0.504 e. The van der Waals surface area contributed by atoms with Crippen molar-refractivity contribution in [1.29, 1.82) is 0 Å². The highest BCUT2D eigenvalue weighted by Crippen LogP contribution is 2.32. The summed E-state index contributed by atoms with van der Waals surface area (Å²) in [6, 6.07) is 12.6. The minimum atomic E-state index is -0.145. The van der Waals surface area contributed by atoms with Gasteiger partial charge in [-0.15, -0.1) is 0 Å². The number of halogens is 1. The van der Waals surface area contributed by atoms with E-state index >= 15 is 0 Å². The first-order valence-electron chi connectivity index (χ1n) is 6.46. The molecule has 2 aromatic rings. The fourth-order valence-corrected chi connectivity index (χ4v) is 2.14. The van der Waals surface area contributed by atoms with Gasteiger partial charge in [0, 0.05) is 17.6 Å². The van der Waals surface area contributed by atoms with Gasteiger partial charge in [0.1, 0.15) is 0 Å². The van der Waals surface area contributed by atoms with Crippen molar-refractivity contribution in [3.63, 3.8) is 0 Å². The number of carbonyl (C=O) groups is 1. The molecule has 0 spiro atoms. The van der Waals surface area contributed by atoms with Crippen LogP contribution in [-0.4, -0.2) is 18.1 Å². The number of phenolic OH excluding ortho intramolecular Hbond substituents is 1. The summed E-state index contributed by atoms with van der Waals surface area (Å²) in [5.41, 5.74) is 1.64. The molecule has 0 saturated carbocycles. The highest BCUT2D eigenvalue weighted by Gasteiger charge is 2.11. The largest absolute Gasteiger partial charge is 0.504 e.